The number of benzene rings is 1. The van der Waals surface area contributed by atoms with Crippen molar-refractivity contribution in [3.05, 3.63) is 35.9 Å². The van der Waals surface area contributed by atoms with Crippen LogP contribution in [-0.4, -0.2) is 49.2 Å². The number of likely N-dealkylation sites (tertiary alicyclic amines) is 1. The highest BCUT2D eigenvalue weighted by Gasteiger charge is 2.30. The Morgan fingerprint density at radius 3 is 2.43 bits per heavy atom. The number of hydrogen-bond donors (Lipinski definition) is 1. The minimum Gasteiger partial charge on any atom is -0.368 e. The zero-order valence-corrected chi connectivity index (χ0v) is 17.2. The molecular formula is C24H36N2O2. The van der Waals surface area contributed by atoms with Gasteiger partial charge in [0.1, 0.15) is 6.10 Å². The summed E-state index contributed by atoms with van der Waals surface area (Å²) in [5, 5.41) is 3.24. The number of rotatable bonds is 6. The minimum atomic E-state index is -0.202. The molecule has 28 heavy (non-hydrogen) atoms. The predicted molar refractivity (Wildman–Crippen MR) is 112 cm³/mol. The summed E-state index contributed by atoms with van der Waals surface area (Å²) < 4.78 is 5.52. The van der Waals surface area contributed by atoms with Gasteiger partial charge in [-0.2, -0.15) is 0 Å². The van der Waals surface area contributed by atoms with Gasteiger partial charge in [0.2, 0.25) is 5.91 Å². The Kier molecular flexibility index (Phi) is 7.03. The van der Waals surface area contributed by atoms with Gasteiger partial charge >= 0.3 is 0 Å². The molecule has 0 bridgehead atoms. The van der Waals surface area contributed by atoms with Crippen LogP contribution < -0.4 is 5.32 Å². The molecule has 4 rings (SSSR count). The minimum absolute atomic E-state index is 0.111. The molecule has 2 aliphatic heterocycles. The molecule has 0 spiro atoms. The monoisotopic (exact) mass is 384 g/mol. The van der Waals surface area contributed by atoms with E-state index < -0.39 is 0 Å². The van der Waals surface area contributed by atoms with Gasteiger partial charge in [0.25, 0.3) is 0 Å². The Bertz CT molecular complexity index is 600. The number of carbonyl (C=O) groups is 1. The third-order valence-electron chi connectivity index (χ3n) is 7.06. The molecule has 1 aliphatic carbocycles. The second-order valence-electron chi connectivity index (χ2n) is 9.00. The van der Waals surface area contributed by atoms with Crippen molar-refractivity contribution in [1.29, 1.82) is 0 Å². The van der Waals surface area contributed by atoms with Crippen LogP contribution in [0.15, 0.2) is 30.3 Å². The Hall–Kier alpha value is -1.39. The van der Waals surface area contributed by atoms with E-state index in [4.69, 9.17) is 4.74 Å². The van der Waals surface area contributed by atoms with Crippen molar-refractivity contribution in [1.82, 2.24) is 10.2 Å². The van der Waals surface area contributed by atoms with Crippen LogP contribution in [0.5, 0.6) is 0 Å². The smallest absolute Gasteiger partial charge is 0.249 e. The molecule has 0 aromatic heterocycles. The van der Waals surface area contributed by atoms with E-state index in [-0.39, 0.29) is 12.0 Å². The van der Waals surface area contributed by atoms with Crippen molar-refractivity contribution in [2.75, 3.05) is 26.2 Å². The highest BCUT2D eigenvalue weighted by Crippen LogP contribution is 2.37. The SMILES string of the molecule is O=C(NC1CCN(C[C@@H](c2ccccc2)C2CCCCC2)CC1)[C@H]1CCCO1. The van der Waals surface area contributed by atoms with Crippen molar-refractivity contribution < 1.29 is 9.53 Å². The fraction of sp³-hybridized carbons (Fsp3) is 0.708. The van der Waals surface area contributed by atoms with Gasteiger partial charge in [0, 0.05) is 32.3 Å². The van der Waals surface area contributed by atoms with E-state index in [0.29, 0.717) is 12.0 Å². The molecule has 1 aromatic carbocycles. The number of ether oxygens (including phenoxy) is 1. The molecule has 1 aromatic rings. The van der Waals surface area contributed by atoms with E-state index in [9.17, 15) is 4.79 Å². The van der Waals surface area contributed by atoms with Gasteiger partial charge in [-0.15, -0.1) is 0 Å². The molecule has 1 N–H and O–H groups in total. The van der Waals surface area contributed by atoms with Gasteiger partial charge in [-0.1, -0.05) is 49.6 Å². The van der Waals surface area contributed by atoms with Crippen LogP contribution in [0.4, 0.5) is 0 Å². The van der Waals surface area contributed by atoms with E-state index in [2.05, 4.69) is 40.5 Å². The fourth-order valence-electron chi connectivity index (χ4n) is 5.38. The maximum Gasteiger partial charge on any atom is 0.249 e. The summed E-state index contributed by atoms with van der Waals surface area (Å²) in [6.07, 6.45) is 10.8. The zero-order chi connectivity index (χ0) is 19.2. The first kappa shape index (κ1) is 19.9. The van der Waals surface area contributed by atoms with Gasteiger partial charge in [-0.05, 0) is 55.9 Å². The van der Waals surface area contributed by atoms with Gasteiger partial charge < -0.3 is 15.0 Å². The maximum atomic E-state index is 12.3. The normalized spacial score (nSPS) is 26.2. The highest BCUT2D eigenvalue weighted by atomic mass is 16.5. The van der Waals surface area contributed by atoms with Crippen LogP contribution in [-0.2, 0) is 9.53 Å². The lowest BCUT2D eigenvalue weighted by molar-refractivity contribution is -0.131. The molecule has 1 amide bonds. The third-order valence-corrected chi connectivity index (χ3v) is 7.06. The number of nitrogens with zero attached hydrogens (tertiary/aromatic N) is 1. The summed E-state index contributed by atoms with van der Waals surface area (Å²) >= 11 is 0. The van der Waals surface area contributed by atoms with Crippen LogP contribution >= 0.6 is 0 Å². The van der Waals surface area contributed by atoms with Crippen molar-refractivity contribution in [2.24, 2.45) is 5.92 Å². The van der Waals surface area contributed by atoms with Crippen LogP contribution in [0.2, 0.25) is 0 Å². The molecule has 2 saturated heterocycles. The standard InChI is InChI=1S/C24H36N2O2/c27-24(23-12-7-17-28-23)25-21-13-15-26(16-14-21)18-22(19-8-3-1-4-9-19)20-10-5-2-6-11-20/h1,3-4,8-9,20-23H,2,5-7,10-18H2,(H,25,27)/t22-,23+/m0/s1. The lowest BCUT2D eigenvalue weighted by atomic mass is 9.76. The molecule has 4 heteroatoms. The quantitative estimate of drug-likeness (QED) is 0.802. The van der Waals surface area contributed by atoms with Crippen LogP contribution in [0.3, 0.4) is 0 Å². The Labute approximate surface area is 170 Å². The van der Waals surface area contributed by atoms with Crippen LogP contribution in [0.25, 0.3) is 0 Å². The van der Waals surface area contributed by atoms with E-state index in [1.165, 1.54) is 44.2 Å². The first-order valence-electron chi connectivity index (χ1n) is 11.5. The number of hydrogen-bond acceptors (Lipinski definition) is 3. The highest BCUT2D eigenvalue weighted by molar-refractivity contribution is 5.81. The molecular weight excluding hydrogens is 348 g/mol. The van der Waals surface area contributed by atoms with Gasteiger partial charge in [0.05, 0.1) is 0 Å². The second-order valence-corrected chi connectivity index (χ2v) is 9.00. The Morgan fingerprint density at radius 1 is 1.00 bits per heavy atom. The van der Waals surface area contributed by atoms with Crippen LogP contribution in [0, 0.1) is 5.92 Å². The molecule has 0 radical (unpaired) electrons. The number of piperidine rings is 1. The summed E-state index contributed by atoms with van der Waals surface area (Å²) in [6.45, 7) is 4.08. The maximum absolute atomic E-state index is 12.3. The van der Waals surface area contributed by atoms with Crippen molar-refractivity contribution >= 4 is 5.91 Å². The first-order valence-corrected chi connectivity index (χ1v) is 11.5. The summed E-state index contributed by atoms with van der Waals surface area (Å²) in [7, 11) is 0. The summed E-state index contributed by atoms with van der Waals surface area (Å²) in [6, 6.07) is 11.5. The molecule has 4 nitrogen and oxygen atoms in total. The summed E-state index contributed by atoms with van der Waals surface area (Å²) in [5.41, 5.74) is 1.52. The van der Waals surface area contributed by atoms with Gasteiger partial charge in [0.15, 0.2) is 0 Å². The largest absolute Gasteiger partial charge is 0.368 e. The molecule has 1 saturated carbocycles. The predicted octanol–water partition coefficient (Wildman–Crippen LogP) is 4.11. The van der Waals surface area contributed by atoms with E-state index in [1.807, 2.05) is 0 Å². The van der Waals surface area contributed by atoms with E-state index >= 15 is 0 Å². The van der Waals surface area contributed by atoms with Crippen LogP contribution in [0.1, 0.15) is 69.3 Å². The first-order chi connectivity index (χ1) is 13.8. The lowest BCUT2D eigenvalue weighted by Gasteiger charge is -2.38. The summed E-state index contributed by atoms with van der Waals surface area (Å²) in [4.78, 5) is 15.0. The average molecular weight is 385 g/mol. The van der Waals surface area contributed by atoms with Gasteiger partial charge in [-0.3, -0.25) is 4.79 Å². The molecule has 3 aliphatic rings. The number of amides is 1. The second kappa shape index (κ2) is 9.89. The number of nitrogens with one attached hydrogen (secondary N) is 1. The van der Waals surface area contributed by atoms with Crippen molar-refractivity contribution in [3.8, 4) is 0 Å². The Balaban J connectivity index is 1.30. The van der Waals surface area contributed by atoms with E-state index in [0.717, 1.165) is 51.3 Å². The van der Waals surface area contributed by atoms with Gasteiger partial charge in [-0.25, -0.2) is 0 Å². The topological polar surface area (TPSA) is 41.6 Å². The fourth-order valence-corrected chi connectivity index (χ4v) is 5.38. The Morgan fingerprint density at radius 2 is 1.75 bits per heavy atom. The molecule has 154 valence electrons. The van der Waals surface area contributed by atoms with Crippen molar-refractivity contribution in [3.63, 3.8) is 0 Å². The molecule has 2 heterocycles. The lowest BCUT2D eigenvalue weighted by Crippen LogP contribution is -2.48. The third kappa shape index (κ3) is 5.15. The summed E-state index contributed by atoms with van der Waals surface area (Å²) in [5.74, 6) is 1.59. The average Bonchev–Trinajstić information content (AvgIpc) is 3.30. The van der Waals surface area contributed by atoms with Crippen molar-refractivity contribution in [2.45, 2.75) is 75.9 Å². The van der Waals surface area contributed by atoms with E-state index in [1.54, 1.807) is 0 Å². The molecule has 2 atom stereocenters. The zero-order valence-electron chi connectivity index (χ0n) is 17.2. The molecule has 3 fully saturated rings. The molecule has 0 unspecified atom stereocenters. The number of carbonyl (C=O) groups excluding carboxylic acids is 1.